The number of urea groups is 1. The van der Waals surface area contributed by atoms with Crippen molar-refractivity contribution in [3.8, 4) is 0 Å². The second-order valence-electron chi connectivity index (χ2n) is 5.81. The van der Waals surface area contributed by atoms with Crippen LogP contribution in [0.15, 0.2) is 29.4 Å². The molecule has 0 saturated heterocycles. The topological polar surface area (TPSA) is 84.0 Å². The van der Waals surface area contributed by atoms with E-state index in [-0.39, 0.29) is 10.5 Å². The lowest BCUT2D eigenvalue weighted by atomic mass is 10.1. The summed E-state index contributed by atoms with van der Waals surface area (Å²) in [6.45, 7) is 7.69. The van der Waals surface area contributed by atoms with Gasteiger partial charge in [0.05, 0.1) is 0 Å². The second-order valence-corrected chi connectivity index (χ2v) is 8.36. The first-order chi connectivity index (χ1) is 10.7. The minimum Gasteiger partial charge on any atom is -0.308 e. The zero-order chi connectivity index (χ0) is 17.0. The Morgan fingerprint density at radius 1 is 1.22 bits per heavy atom. The Morgan fingerprint density at radius 3 is 2.61 bits per heavy atom. The normalized spacial score (nSPS) is 11.1. The van der Waals surface area contributed by atoms with Crippen molar-refractivity contribution < 1.29 is 9.59 Å². The monoisotopic (exact) mass is 350 g/mol. The number of hydrogen-bond acceptors (Lipinski definition) is 6. The van der Waals surface area contributed by atoms with Gasteiger partial charge in [0.2, 0.25) is 10.3 Å². The molecule has 6 nitrogen and oxygen atoms in total. The molecule has 1 aromatic heterocycles. The molecule has 0 unspecified atom stereocenters. The molecule has 1 heterocycles. The maximum absolute atomic E-state index is 12.0. The molecule has 0 atom stereocenters. The largest absolute Gasteiger partial charge is 0.325 e. The molecule has 0 aliphatic rings. The number of carbonyl (C=O) groups is 2. The Balaban J connectivity index is 1.97. The van der Waals surface area contributed by atoms with Gasteiger partial charge in [-0.1, -0.05) is 44.7 Å². The van der Waals surface area contributed by atoms with Crippen LogP contribution in [0.3, 0.4) is 0 Å². The molecule has 122 valence electrons. The summed E-state index contributed by atoms with van der Waals surface area (Å²) < 4.78 is 4.21. The lowest BCUT2D eigenvalue weighted by Crippen LogP contribution is -2.19. The number of Topliss-reactive ketones (excluding diaryl/α,β-unsaturated/α-hetero) is 1. The van der Waals surface area contributed by atoms with E-state index in [1.165, 1.54) is 18.7 Å². The summed E-state index contributed by atoms with van der Waals surface area (Å²) in [5, 5.41) is 6.38. The second kappa shape index (κ2) is 7.10. The Bertz CT molecular complexity index is 722. The highest BCUT2D eigenvalue weighted by atomic mass is 32.2. The van der Waals surface area contributed by atoms with Crippen molar-refractivity contribution in [3.05, 3.63) is 29.8 Å². The third-order valence-electron chi connectivity index (χ3n) is 2.55. The number of rotatable bonds is 4. The zero-order valence-corrected chi connectivity index (χ0v) is 15.0. The van der Waals surface area contributed by atoms with Crippen LogP contribution in [-0.4, -0.2) is 25.9 Å². The minimum atomic E-state index is -0.422. The summed E-state index contributed by atoms with van der Waals surface area (Å²) >= 11 is 2.67. The van der Waals surface area contributed by atoms with Gasteiger partial charge in [0.15, 0.2) is 5.78 Å². The molecule has 8 heteroatoms. The molecule has 23 heavy (non-hydrogen) atoms. The average Bonchev–Trinajstić information content (AvgIpc) is 2.83. The van der Waals surface area contributed by atoms with Crippen molar-refractivity contribution >= 4 is 45.9 Å². The zero-order valence-electron chi connectivity index (χ0n) is 13.3. The molecular weight excluding hydrogens is 332 g/mol. The van der Waals surface area contributed by atoms with Gasteiger partial charge < -0.3 is 5.32 Å². The number of aromatic nitrogens is 2. The molecular formula is C15H18N4O2S2. The molecule has 0 bridgehead atoms. The maximum atomic E-state index is 12.0. The highest BCUT2D eigenvalue weighted by Gasteiger charge is 2.16. The fraction of sp³-hybridized carbons (Fsp3) is 0.333. The fourth-order valence-electron chi connectivity index (χ4n) is 1.65. The SMILES string of the molecule is CC(=O)c1cccc(NC(=O)Nc2nc(SC(C)(C)C)ns2)c1. The van der Waals surface area contributed by atoms with Gasteiger partial charge >= 0.3 is 6.03 Å². The van der Waals surface area contributed by atoms with Gasteiger partial charge in [-0.25, -0.2) is 4.79 Å². The smallest absolute Gasteiger partial charge is 0.308 e. The predicted molar refractivity (Wildman–Crippen MR) is 94.6 cm³/mol. The number of amides is 2. The summed E-state index contributed by atoms with van der Waals surface area (Å²) in [4.78, 5) is 27.6. The van der Waals surface area contributed by atoms with Crippen LogP contribution in [0.4, 0.5) is 15.6 Å². The van der Waals surface area contributed by atoms with Gasteiger partial charge in [-0.2, -0.15) is 9.36 Å². The van der Waals surface area contributed by atoms with Crippen LogP contribution in [0.25, 0.3) is 0 Å². The van der Waals surface area contributed by atoms with Crippen LogP contribution >= 0.6 is 23.3 Å². The number of carbonyl (C=O) groups excluding carboxylic acids is 2. The first-order valence-corrected chi connectivity index (χ1v) is 8.54. The van der Waals surface area contributed by atoms with Gasteiger partial charge in [-0.3, -0.25) is 10.1 Å². The van der Waals surface area contributed by atoms with Crippen LogP contribution in [0.1, 0.15) is 38.1 Å². The Labute approximate surface area is 143 Å². The number of thioether (sulfide) groups is 1. The highest BCUT2D eigenvalue weighted by Crippen LogP contribution is 2.31. The number of nitrogens with one attached hydrogen (secondary N) is 2. The van der Waals surface area contributed by atoms with E-state index in [4.69, 9.17) is 0 Å². The van der Waals surface area contributed by atoms with Crippen molar-refractivity contribution in [3.63, 3.8) is 0 Å². The Kier molecular flexibility index (Phi) is 5.38. The summed E-state index contributed by atoms with van der Waals surface area (Å²) in [5.41, 5.74) is 1.09. The Morgan fingerprint density at radius 2 is 1.96 bits per heavy atom. The van der Waals surface area contributed by atoms with Crippen LogP contribution in [0.5, 0.6) is 0 Å². The molecule has 2 amide bonds. The van der Waals surface area contributed by atoms with Crippen LogP contribution in [0, 0.1) is 0 Å². The maximum Gasteiger partial charge on any atom is 0.325 e. The number of ketones is 1. The highest BCUT2D eigenvalue weighted by molar-refractivity contribution is 8.00. The van der Waals surface area contributed by atoms with E-state index in [0.29, 0.717) is 21.5 Å². The van der Waals surface area contributed by atoms with Crippen LogP contribution in [-0.2, 0) is 0 Å². The van der Waals surface area contributed by atoms with E-state index in [1.54, 1.807) is 24.3 Å². The van der Waals surface area contributed by atoms with Gasteiger partial charge in [0.1, 0.15) is 0 Å². The van der Waals surface area contributed by atoms with Crippen LogP contribution < -0.4 is 10.6 Å². The summed E-state index contributed by atoms with van der Waals surface area (Å²) in [6.07, 6.45) is 0. The third-order valence-corrected chi connectivity index (χ3v) is 4.28. The first kappa shape index (κ1) is 17.4. The van der Waals surface area contributed by atoms with E-state index in [9.17, 15) is 9.59 Å². The molecule has 0 radical (unpaired) electrons. The van der Waals surface area contributed by atoms with Gasteiger partial charge in [0.25, 0.3) is 0 Å². The minimum absolute atomic E-state index is 0.00767. The molecule has 0 fully saturated rings. The van der Waals surface area contributed by atoms with Crippen molar-refractivity contribution in [1.29, 1.82) is 0 Å². The van der Waals surface area contributed by atoms with Crippen LogP contribution in [0.2, 0.25) is 0 Å². The van der Waals surface area contributed by atoms with Crippen molar-refractivity contribution in [2.45, 2.75) is 37.6 Å². The summed E-state index contributed by atoms with van der Waals surface area (Å²) in [6, 6.07) is 6.34. The average molecular weight is 350 g/mol. The molecule has 2 aromatic rings. The third kappa shape index (κ3) is 5.65. The summed E-state index contributed by atoms with van der Waals surface area (Å²) in [7, 11) is 0. The van der Waals surface area contributed by atoms with Gasteiger partial charge in [0, 0.05) is 27.5 Å². The quantitative estimate of drug-likeness (QED) is 0.635. The molecule has 0 saturated carbocycles. The summed E-state index contributed by atoms with van der Waals surface area (Å²) in [5.74, 6) is -0.0537. The van der Waals surface area contributed by atoms with E-state index in [2.05, 4.69) is 40.8 Å². The number of anilines is 2. The lowest BCUT2D eigenvalue weighted by Gasteiger charge is -2.13. The van der Waals surface area contributed by atoms with E-state index < -0.39 is 6.03 Å². The molecule has 0 aliphatic carbocycles. The van der Waals surface area contributed by atoms with Crippen molar-refractivity contribution in [2.24, 2.45) is 0 Å². The number of nitrogens with zero attached hydrogens (tertiary/aromatic N) is 2. The predicted octanol–water partition coefficient (Wildman–Crippen LogP) is 4.28. The van der Waals surface area contributed by atoms with Gasteiger partial charge in [-0.15, -0.1) is 0 Å². The molecule has 2 N–H and O–H groups in total. The first-order valence-electron chi connectivity index (χ1n) is 6.95. The van der Waals surface area contributed by atoms with E-state index in [0.717, 1.165) is 11.5 Å². The van der Waals surface area contributed by atoms with Crippen molar-refractivity contribution in [2.75, 3.05) is 10.6 Å². The number of hydrogen-bond donors (Lipinski definition) is 2. The molecule has 0 spiro atoms. The van der Waals surface area contributed by atoms with Gasteiger partial charge in [-0.05, 0) is 19.1 Å². The Hall–Kier alpha value is -1.93. The number of benzene rings is 1. The standard InChI is InChI=1S/C15H18N4O2S2/c1-9(20)10-6-5-7-11(8-10)16-12(21)17-13-18-14(19-23-13)22-15(2,3)4/h5-8H,1-4H3,(H2,16,17,18,19,21). The van der Waals surface area contributed by atoms with E-state index in [1.807, 2.05) is 0 Å². The molecule has 2 rings (SSSR count). The lowest BCUT2D eigenvalue weighted by molar-refractivity contribution is 0.101. The van der Waals surface area contributed by atoms with E-state index >= 15 is 0 Å². The fourth-order valence-corrected chi connectivity index (χ4v) is 3.13. The molecule has 1 aromatic carbocycles. The van der Waals surface area contributed by atoms with Crippen molar-refractivity contribution in [1.82, 2.24) is 9.36 Å². The molecule has 0 aliphatic heterocycles.